The van der Waals surface area contributed by atoms with Gasteiger partial charge in [0.05, 0.1) is 16.1 Å². The van der Waals surface area contributed by atoms with Gasteiger partial charge in [0.2, 0.25) is 5.91 Å². The van der Waals surface area contributed by atoms with E-state index in [1.54, 1.807) is 29.5 Å². The largest absolute Gasteiger partial charge is 0.330 e. The van der Waals surface area contributed by atoms with Crippen molar-refractivity contribution in [3.63, 3.8) is 0 Å². The fraction of sp³-hybridized carbons (Fsp3) is 0.200. The standard InChI is InChI=1S/C25H22Cl2N2O2S/c1-2-12-28(25(31)18-8-9-20(26)21(27)15-18)16-23(30)29-13-10-22-19(11-14-32-22)24(29)17-6-4-3-5-7-17/h2-9,11,14-15,24H,1,10,12-13,16H2. The summed E-state index contributed by atoms with van der Waals surface area (Å²) in [5, 5.41) is 2.75. The van der Waals surface area contributed by atoms with Crippen LogP contribution in [-0.4, -0.2) is 41.2 Å². The maximum Gasteiger partial charge on any atom is 0.254 e. The first kappa shape index (κ1) is 22.6. The van der Waals surface area contributed by atoms with E-state index >= 15 is 0 Å². The number of thiophene rings is 1. The first-order chi connectivity index (χ1) is 15.5. The summed E-state index contributed by atoms with van der Waals surface area (Å²) in [4.78, 5) is 31.3. The van der Waals surface area contributed by atoms with Crippen molar-refractivity contribution in [3.05, 3.63) is 104 Å². The molecule has 2 aromatic carbocycles. The molecule has 7 heteroatoms. The van der Waals surface area contributed by atoms with Crippen LogP contribution in [0, 0.1) is 0 Å². The third-order valence-corrected chi connectivity index (χ3v) is 7.27. The van der Waals surface area contributed by atoms with Crippen molar-refractivity contribution in [2.75, 3.05) is 19.6 Å². The van der Waals surface area contributed by atoms with E-state index in [0.717, 1.165) is 17.5 Å². The summed E-state index contributed by atoms with van der Waals surface area (Å²) in [6, 6.07) is 16.7. The van der Waals surface area contributed by atoms with Crippen molar-refractivity contribution in [2.24, 2.45) is 0 Å². The number of carbonyl (C=O) groups is 2. The highest BCUT2D eigenvalue weighted by atomic mass is 35.5. The second kappa shape index (κ2) is 9.90. The molecule has 0 spiro atoms. The lowest BCUT2D eigenvalue weighted by Crippen LogP contribution is -2.46. The van der Waals surface area contributed by atoms with Gasteiger partial charge in [-0.3, -0.25) is 9.59 Å². The van der Waals surface area contributed by atoms with Gasteiger partial charge in [-0.05, 0) is 47.2 Å². The third-order valence-electron chi connectivity index (χ3n) is 5.53. The smallest absolute Gasteiger partial charge is 0.254 e. The van der Waals surface area contributed by atoms with Crippen LogP contribution in [0.2, 0.25) is 10.0 Å². The summed E-state index contributed by atoms with van der Waals surface area (Å²) >= 11 is 13.8. The van der Waals surface area contributed by atoms with E-state index in [1.807, 2.05) is 35.2 Å². The number of hydrogen-bond donors (Lipinski definition) is 0. The minimum absolute atomic E-state index is 0.0477. The zero-order chi connectivity index (χ0) is 22.7. The highest BCUT2D eigenvalue weighted by Gasteiger charge is 2.33. The molecule has 0 saturated heterocycles. The molecule has 3 aromatic rings. The molecule has 0 radical (unpaired) electrons. The maximum atomic E-state index is 13.5. The number of hydrogen-bond acceptors (Lipinski definition) is 3. The molecule has 4 nitrogen and oxygen atoms in total. The Bertz CT molecular complexity index is 1150. The Hall–Kier alpha value is -2.60. The van der Waals surface area contributed by atoms with Crippen LogP contribution in [0.15, 0.2) is 72.6 Å². The van der Waals surface area contributed by atoms with Crippen LogP contribution in [-0.2, 0) is 11.2 Å². The Morgan fingerprint density at radius 2 is 1.91 bits per heavy atom. The molecular weight excluding hydrogens is 463 g/mol. The summed E-state index contributed by atoms with van der Waals surface area (Å²) in [7, 11) is 0. The van der Waals surface area contributed by atoms with E-state index in [-0.39, 0.29) is 30.9 Å². The van der Waals surface area contributed by atoms with Crippen molar-refractivity contribution in [1.82, 2.24) is 9.80 Å². The Morgan fingerprint density at radius 3 is 2.62 bits per heavy atom. The molecule has 1 aliphatic heterocycles. The first-order valence-corrected chi connectivity index (χ1v) is 11.9. The molecular formula is C25H22Cl2N2O2S. The molecule has 4 rings (SSSR count). The zero-order valence-electron chi connectivity index (χ0n) is 17.3. The molecule has 1 aliphatic rings. The lowest BCUT2D eigenvalue weighted by Gasteiger charge is -2.37. The van der Waals surface area contributed by atoms with Crippen LogP contribution in [0.3, 0.4) is 0 Å². The molecule has 0 bridgehead atoms. The van der Waals surface area contributed by atoms with Gasteiger partial charge in [-0.1, -0.05) is 59.6 Å². The topological polar surface area (TPSA) is 40.6 Å². The van der Waals surface area contributed by atoms with E-state index in [4.69, 9.17) is 23.2 Å². The lowest BCUT2D eigenvalue weighted by atomic mass is 9.93. The van der Waals surface area contributed by atoms with Crippen LogP contribution in [0.5, 0.6) is 0 Å². The average molecular weight is 485 g/mol. The second-order valence-corrected chi connectivity index (χ2v) is 9.37. The molecule has 0 aliphatic carbocycles. The summed E-state index contributed by atoms with van der Waals surface area (Å²) in [6.07, 6.45) is 2.43. The molecule has 0 fully saturated rings. The normalized spacial score (nSPS) is 15.2. The van der Waals surface area contributed by atoms with Gasteiger partial charge in [-0.15, -0.1) is 17.9 Å². The molecule has 1 unspecified atom stereocenters. The van der Waals surface area contributed by atoms with Crippen molar-refractivity contribution < 1.29 is 9.59 Å². The molecule has 1 atom stereocenters. The number of carbonyl (C=O) groups excluding carboxylic acids is 2. The van der Waals surface area contributed by atoms with Gasteiger partial charge in [0.15, 0.2) is 0 Å². The van der Waals surface area contributed by atoms with Crippen LogP contribution in [0.1, 0.15) is 32.4 Å². The second-order valence-electron chi connectivity index (χ2n) is 7.55. The Balaban J connectivity index is 1.60. The van der Waals surface area contributed by atoms with Crippen molar-refractivity contribution in [1.29, 1.82) is 0 Å². The summed E-state index contributed by atoms with van der Waals surface area (Å²) < 4.78 is 0. The van der Waals surface area contributed by atoms with Gasteiger partial charge >= 0.3 is 0 Å². The SMILES string of the molecule is C=CCN(CC(=O)N1CCc2sccc2C1c1ccccc1)C(=O)c1ccc(Cl)c(Cl)c1. The summed E-state index contributed by atoms with van der Waals surface area (Å²) in [6.45, 7) is 4.56. The fourth-order valence-electron chi connectivity index (χ4n) is 4.02. The van der Waals surface area contributed by atoms with Crippen LogP contribution < -0.4 is 0 Å². The summed E-state index contributed by atoms with van der Waals surface area (Å²) in [5.74, 6) is -0.396. The monoisotopic (exact) mass is 484 g/mol. The third kappa shape index (κ3) is 4.60. The number of rotatable bonds is 6. The van der Waals surface area contributed by atoms with Crippen LogP contribution in [0.25, 0.3) is 0 Å². The lowest BCUT2D eigenvalue weighted by molar-refractivity contribution is -0.133. The Kier molecular flexibility index (Phi) is 6.99. The Morgan fingerprint density at radius 1 is 1.12 bits per heavy atom. The van der Waals surface area contributed by atoms with Crippen molar-refractivity contribution in [3.8, 4) is 0 Å². The quantitative estimate of drug-likeness (QED) is 0.411. The minimum Gasteiger partial charge on any atom is -0.330 e. The predicted octanol–water partition coefficient (Wildman–Crippen LogP) is 5.86. The van der Waals surface area contributed by atoms with Gasteiger partial charge in [0.25, 0.3) is 5.91 Å². The van der Waals surface area contributed by atoms with Gasteiger partial charge in [-0.2, -0.15) is 0 Å². The molecule has 2 amide bonds. The van der Waals surface area contributed by atoms with E-state index in [1.165, 1.54) is 15.8 Å². The molecule has 0 N–H and O–H groups in total. The molecule has 164 valence electrons. The molecule has 0 saturated carbocycles. The molecule has 2 heterocycles. The maximum absolute atomic E-state index is 13.5. The molecule has 32 heavy (non-hydrogen) atoms. The number of halogens is 2. The van der Waals surface area contributed by atoms with Gasteiger partial charge < -0.3 is 9.80 Å². The number of fused-ring (bicyclic) bond motifs is 1. The number of amides is 2. The van der Waals surface area contributed by atoms with Crippen molar-refractivity contribution >= 4 is 46.4 Å². The first-order valence-electron chi connectivity index (χ1n) is 10.3. The highest BCUT2D eigenvalue weighted by Crippen LogP contribution is 2.37. The average Bonchev–Trinajstić information content (AvgIpc) is 3.29. The van der Waals surface area contributed by atoms with Crippen LogP contribution in [0.4, 0.5) is 0 Å². The molecule has 1 aromatic heterocycles. The van der Waals surface area contributed by atoms with E-state index in [0.29, 0.717) is 22.2 Å². The highest BCUT2D eigenvalue weighted by molar-refractivity contribution is 7.10. The minimum atomic E-state index is -0.290. The summed E-state index contributed by atoms with van der Waals surface area (Å²) in [5.41, 5.74) is 2.60. The zero-order valence-corrected chi connectivity index (χ0v) is 19.7. The van der Waals surface area contributed by atoms with Gasteiger partial charge in [-0.25, -0.2) is 0 Å². The van der Waals surface area contributed by atoms with Gasteiger partial charge in [0.1, 0.15) is 6.54 Å². The van der Waals surface area contributed by atoms with Crippen LogP contribution >= 0.6 is 34.5 Å². The predicted molar refractivity (Wildman–Crippen MR) is 131 cm³/mol. The number of nitrogens with zero attached hydrogens (tertiary/aromatic N) is 2. The number of benzene rings is 2. The van der Waals surface area contributed by atoms with E-state index < -0.39 is 0 Å². The van der Waals surface area contributed by atoms with E-state index in [2.05, 4.69) is 18.0 Å². The van der Waals surface area contributed by atoms with Crippen molar-refractivity contribution in [2.45, 2.75) is 12.5 Å². The van der Waals surface area contributed by atoms with E-state index in [9.17, 15) is 9.59 Å². The fourth-order valence-corrected chi connectivity index (χ4v) is 5.22. The van der Waals surface area contributed by atoms with Gasteiger partial charge in [0, 0.05) is 23.5 Å². The Labute approximate surface area is 201 Å².